The van der Waals surface area contributed by atoms with Crippen molar-refractivity contribution in [2.45, 2.75) is 6.92 Å². The zero-order valence-corrected chi connectivity index (χ0v) is 9.70. The molecule has 0 radical (unpaired) electrons. The van der Waals surface area contributed by atoms with E-state index in [1.807, 2.05) is 6.92 Å². The van der Waals surface area contributed by atoms with Crippen LogP contribution >= 0.6 is 11.3 Å². The molecule has 0 fully saturated rings. The number of aromatic nitrogens is 1. The first-order chi connectivity index (χ1) is 6.53. The Labute approximate surface area is 87.6 Å². The lowest BCUT2D eigenvalue weighted by atomic mass is 10.6. The molecule has 1 aromatic rings. The number of hydrogen-bond acceptors (Lipinski definition) is 5. The van der Waals surface area contributed by atoms with Crippen LogP contribution in [-0.4, -0.2) is 32.7 Å². The number of anilines is 1. The molecule has 14 heavy (non-hydrogen) atoms. The van der Waals surface area contributed by atoms with E-state index < -0.39 is 10.0 Å². The number of thiazole rings is 1. The number of nitrogens with zero attached hydrogens (tertiary/aromatic N) is 1. The molecule has 1 heterocycles. The van der Waals surface area contributed by atoms with Crippen LogP contribution < -0.4 is 10.0 Å². The highest BCUT2D eigenvalue weighted by molar-refractivity contribution is 7.92. The molecule has 1 rings (SSSR count). The predicted octanol–water partition coefficient (Wildman–Crippen LogP) is 0.413. The summed E-state index contributed by atoms with van der Waals surface area (Å²) in [5.74, 6) is 0.0577. The van der Waals surface area contributed by atoms with Crippen molar-refractivity contribution < 1.29 is 8.42 Å². The highest BCUT2D eigenvalue weighted by atomic mass is 32.2. The Morgan fingerprint density at radius 1 is 1.57 bits per heavy atom. The first-order valence-electron chi connectivity index (χ1n) is 4.11. The van der Waals surface area contributed by atoms with Crippen LogP contribution in [0.25, 0.3) is 0 Å². The highest BCUT2D eigenvalue weighted by Crippen LogP contribution is 2.15. The molecule has 0 aliphatic heterocycles. The van der Waals surface area contributed by atoms with Gasteiger partial charge in [-0.25, -0.2) is 13.4 Å². The summed E-state index contributed by atoms with van der Waals surface area (Å²) in [5, 5.41) is 5.01. The van der Waals surface area contributed by atoms with Gasteiger partial charge in [-0.1, -0.05) is 0 Å². The summed E-state index contributed by atoms with van der Waals surface area (Å²) in [7, 11) is -1.54. The molecule has 0 aliphatic rings. The average Bonchev–Trinajstić information content (AvgIpc) is 2.47. The van der Waals surface area contributed by atoms with E-state index >= 15 is 0 Å². The van der Waals surface area contributed by atoms with Gasteiger partial charge in [-0.05, 0) is 14.0 Å². The van der Waals surface area contributed by atoms with Crippen molar-refractivity contribution in [3.8, 4) is 0 Å². The van der Waals surface area contributed by atoms with E-state index in [2.05, 4.69) is 15.0 Å². The van der Waals surface area contributed by atoms with Gasteiger partial charge < -0.3 is 5.32 Å². The molecule has 0 saturated heterocycles. The first-order valence-corrected chi connectivity index (χ1v) is 6.64. The first kappa shape index (κ1) is 11.4. The Morgan fingerprint density at radius 3 is 2.79 bits per heavy atom. The van der Waals surface area contributed by atoms with E-state index in [-0.39, 0.29) is 5.75 Å². The minimum absolute atomic E-state index is 0.0577. The third-order valence-electron chi connectivity index (χ3n) is 1.48. The Bertz CT molecular complexity index is 385. The summed E-state index contributed by atoms with van der Waals surface area (Å²) < 4.78 is 25.2. The normalized spacial score (nSPS) is 11.6. The lowest BCUT2D eigenvalue weighted by Crippen LogP contribution is -2.24. The van der Waals surface area contributed by atoms with Crippen molar-refractivity contribution >= 4 is 26.5 Å². The Kier molecular flexibility index (Phi) is 3.85. The Balaban J connectivity index is 2.59. The van der Waals surface area contributed by atoms with E-state index in [4.69, 9.17) is 0 Å². The Morgan fingerprint density at radius 2 is 2.29 bits per heavy atom. The predicted molar refractivity (Wildman–Crippen MR) is 58.2 cm³/mol. The number of rotatable bonds is 5. The van der Waals surface area contributed by atoms with Crippen molar-refractivity contribution in [1.82, 2.24) is 10.3 Å². The molecule has 0 saturated carbocycles. The molecule has 0 spiro atoms. The van der Waals surface area contributed by atoms with E-state index in [0.29, 0.717) is 11.7 Å². The quantitative estimate of drug-likeness (QED) is 0.775. The van der Waals surface area contributed by atoms with Crippen LogP contribution in [0.5, 0.6) is 0 Å². The van der Waals surface area contributed by atoms with Gasteiger partial charge in [-0.2, -0.15) is 0 Å². The van der Waals surface area contributed by atoms with Gasteiger partial charge in [0.25, 0.3) is 0 Å². The van der Waals surface area contributed by atoms with Gasteiger partial charge in [0.1, 0.15) is 0 Å². The summed E-state index contributed by atoms with van der Waals surface area (Å²) in [5.41, 5.74) is 0.821. The van der Waals surface area contributed by atoms with E-state index in [1.165, 1.54) is 11.3 Å². The van der Waals surface area contributed by atoms with Crippen LogP contribution in [0.4, 0.5) is 5.13 Å². The number of aryl methyl sites for hydroxylation is 1. The average molecular weight is 235 g/mol. The molecule has 7 heteroatoms. The maximum atomic E-state index is 11.4. The maximum absolute atomic E-state index is 11.4. The molecule has 1 aromatic heterocycles. The van der Waals surface area contributed by atoms with Gasteiger partial charge in [0.2, 0.25) is 10.0 Å². The van der Waals surface area contributed by atoms with Gasteiger partial charge >= 0.3 is 0 Å². The van der Waals surface area contributed by atoms with Crippen LogP contribution in [-0.2, 0) is 10.0 Å². The molecule has 2 N–H and O–H groups in total. The fraction of sp³-hybridized carbons (Fsp3) is 0.571. The molecule has 80 valence electrons. The second-order valence-electron chi connectivity index (χ2n) is 2.82. The zero-order chi connectivity index (χ0) is 10.6. The van der Waals surface area contributed by atoms with E-state index in [1.54, 1.807) is 12.4 Å². The summed E-state index contributed by atoms with van der Waals surface area (Å²) in [6, 6.07) is 0. The summed E-state index contributed by atoms with van der Waals surface area (Å²) in [6.45, 7) is 2.25. The van der Waals surface area contributed by atoms with E-state index in [9.17, 15) is 8.42 Å². The molecule has 0 amide bonds. The summed E-state index contributed by atoms with van der Waals surface area (Å²) >= 11 is 1.29. The third kappa shape index (κ3) is 3.60. The smallest absolute Gasteiger partial charge is 0.235 e. The maximum Gasteiger partial charge on any atom is 0.235 e. The van der Waals surface area contributed by atoms with Gasteiger partial charge in [0.05, 0.1) is 11.4 Å². The van der Waals surface area contributed by atoms with Gasteiger partial charge in [0, 0.05) is 11.9 Å². The number of sulfonamides is 1. The molecule has 5 nitrogen and oxygen atoms in total. The van der Waals surface area contributed by atoms with Crippen LogP contribution in [0.3, 0.4) is 0 Å². The van der Waals surface area contributed by atoms with Gasteiger partial charge in [-0.3, -0.25) is 4.72 Å². The molecule has 0 aromatic carbocycles. The van der Waals surface area contributed by atoms with Crippen LogP contribution in [0.1, 0.15) is 5.69 Å². The third-order valence-corrected chi connectivity index (χ3v) is 3.73. The number of hydrogen-bond donors (Lipinski definition) is 2. The monoisotopic (exact) mass is 235 g/mol. The van der Waals surface area contributed by atoms with E-state index in [0.717, 1.165) is 5.69 Å². The second kappa shape index (κ2) is 4.72. The van der Waals surface area contributed by atoms with Crippen LogP contribution in [0.2, 0.25) is 0 Å². The minimum atomic E-state index is -3.25. The van der Waals surface area contributed by atoms with Gasteiger partial charge in [0.15, 0.2) is 5.13 Å². The SMILES string of the molecule is CNCCS(=O)(=O)Nc1nc(C)cs1. The largest absolute Gasteiger partial charge is 0.319 e. The van der Waals surface area contributed by atoms with Crippen molar-refractivity contribution in [2.24, 2.45) is 0 Å². The topological polar surface area (TPSA) is 71.1 Å². The zero-order valence-electron chi connectivity index (χ0n) is 8.07. The second-order valence-corrected chi connectivity index (χ2v) is 5.52. The summed E-state index contributed by atoms with van der Waals surface area (Å²) in [6.07, 6.45) is 0. The standard InChI is InChI=1S/C7H13N3O2S2/c1-6-5-13-7(9-6)10-14(11,12)4-3-8-2/h5,8H,3-4H2,1-2H3,(H,9,10). The fourth-order valence-electron chi connectivity index (χ4n) is 0.821. The van der Waals surface area contributed by atoms with Crippen molar-refractivity contribution in [1.29, 1.82) is 0 Å². The molecular weight excluding hydrogens is 222 g/mol. The Hall–Kier alpha value is -0.660. The molecule has 0 aliphatic carbocycles. The minimum Gasteiger partial charge on any atom is -0.319 e. The van der Waals surface area contributed by atoms with Crippen LogP contribution in [0, 0.1) is 6.92 Å². The van der Waals surface area contributed by atoms with Crippen molar-refractivity contribution in [2.75, 3.05) is 24.1 Å². The lowest BCUT2D eigenvalue weighted by molar-refractivity contribution is 0.598. The molecule has 0 atom stereocenters. The lowest BCUT2D eigenvalue weighted by Gasteiger charge is -2.03. The molecule has 0 bridgehead atoms. The fourth-order valence-corrected chi connectivity index (χ4v) is 2.81. The molecular formula is C7H13N3O2S2. The number of nitrogens with one attached hydrogen (secondary N) is 2. The van der Waals surface area contributed by atoms with Crippen LogP contribution in [0.15, 0.2) is 5.38 Å². The van der Waals surface area contributed by atoms with Gasteiger partial charge in [-0.15, -0.1) is 11.3 Å². The van der Waals surface area contributed by atoms with Crippen molar-refractivity contribution in [3.05, 3.63) is 11.1 Å². The summed E-state index contributed by atoms with van der Waals surface area (Å²) in [4.78, 5) is 4.01. The highest BCUT2D eigenvalue weighted by Gasteiger charge is 2.11. The van der Waals surface area contributed by atoms with Crippen molar-refractivity contribution in [3.63, 3.8) is 0 Å². The molecule has 0 unspecified atom stereocenters.